The van der Waals surface area contributed by atoms with Crippen LogP contribution in [0, 0.1) is 0 Å². The van der Waals surface area contributed by atoms with Gasteiger partial charge in [-0.15, -0.1) is 0 Å². The zero-order chi connectivity index (χ0) is 5.70. The van der Waals surface area contributed by atoms with E-state index in [1.165, 1.54) is 0 Å². The molecule has 2 nitrogen and oxygen atoms in total. The zero-order valence-electron chi connectivity index (χ0n) is 5.48. The average molecular weight is 114 g/mol. The number of carbonyl (C=O) groups is 1. The van der Waals surface area contributed by atoms with Gasteiger partial charge >= 0.3 is 0 Å². The van der Waals surface area contributed by atoms with Crippen molar-refractivity contribution in [3.05, 3.63) is 0 Å². The molecule has 0 rings (SSSR count). The van der Waals surface area contributed by atoms with E-state index in [4.69, 9.17) is 0 Å². The zero-order valence-corrected chi connectivity index (χ0v) is 5.48. The number of hydrogen-bond donors (Lipinski definition) is 0. The van der Waals surface area contributed by atoms with Gasteiger partial charge < -0.3 is 4.79 Å². The summed E-state index contributed by atoms with van der Waals surface area (Å²) in [7, 11) is 0. The quantitative estimate of drug-likeness (QED) is 0.545. The van der Waals surface area contributed by atoms with Gasteiger partial charge in [-0.3, -0.25) is 0 Å². The van der Waals surface area contributed by atoms with Gasteiger partial charge in [0.1, 0.15) is 5.78 Å². The molecule has 0 unspecified atom stereocenters. The third-order valence-electron chi connectivity index (χ3n) is 0.882. The van der Waals surface area contributed by atoms with Crippen LogP contribution >= 0.6 is 0 Å². The van der Waals surface area contributed by atoms with Crippen molar-refractivity contribution in [2.24, 2.45) is 0 Å². The summed E-state index contributed by atoms with van der Waals surface area (Å²) in [4.78, 5) is 10.2. The van der Waals surface area contributed by atoms with Crippen molar-refractivity contribution in [2.75, 3.05) is 0 Å². The van der Waals surface area contributed by atoms with E-state index in [9.17, 15) is 4.79 Å². The van der Waals surface area contributed by atoms with Gasteiger partial charge in [0.2, 0.25) is 0 Å². The molecule has 8 heavy (non-hydrogen) atoms. The summed E-state index contributed by atoms with van der Waals surface area (Å²) < 4.78 is 0. The molecule has 0 aliphatic carbocycles. The van der Waals surface area contributed by atoms with Crippen molar-refractivity contribution in [1.82, 2.24) is 6.15 Å². The predicted molar refractivity (Wildman–Crippen MR) is 32.3 cm³/mol. The summed E-state index contributed by atoms with van der Waals surface area (Å²) in [6.45, 7) is 3.72. The van der Waals surface area contributed by atoms with Crippen molar-refractivity contribution < 1.29 is 4.79 Å². The van der Waals surface area contributed by atoms with E-state index in [2.05, 4.69) is 6.92 Å². The van der Waals surface area contributed by atoms with Gasteiger partial charge in [0, 0.05) is 12.6 Å². The number of unbranched alkanes of at least 4 members (excludes halogenated alkanes) is 1. The lowest BCUT2D eigenvalue weighted by molar-refractivity contribution is -0.117. The molecule has 47 valence electrons. The lowest BCUT2D eigenvalue weighted by atomic mass is 10.2. The van der Waals surface area contributed by atoms with Crippen LogP contribution in [-0.2, 0) is 4.79 Å². The lowest BCUT2D eigenvalue weighted by Gasteiger charge is -1.86. The molecule has 0 heterocycles. The Bertz CT molecular complexity index is 61.5. The molecule has 0 saturated carbocycles. The molecule has 0 aliphatic rings. The van der Waals surface area contributed by atoms with Gasteiger partial charge in [-0.05, 0) is 13.3 Å². The molecule has 0 saturated heterocycles. The number of Topliss-reactive ketones (excluding diaryl/α,β-unsaturated/α-hetero) is 1. The molecule has 0 spiro atoms. The predicted octanol–water partition coefficient (Wildman–Crippen LogP) is 1.28. The highest BCUT2D eigenvalue weighted by Gasteiger charge is 1.87. The second-order valence-electron chi connectivity index (χ2n) is 1.81. The molecule has 0 bridgehead atoms. The van der Waals surface area contributed by atoms with E-state index in [1.54, 1.807) is 6.92 Å². The second-order valence-corrected chi connectivity index (χ2v) is 1.81. The van der Waals surface area contributed by atoms with E-state index in [1.807, 2.05) is 0 Å². The summed E-state index contributed by atoms with van der Waals surface area (Å²) in [6.07, 6.45) is 2.94. The van der Waals surface area contributed by atoms with Gasteiger partial charge in [0.15, 0.2) is 0 Å². The van der Waals surface area contributed by atoms with E-state index in [0.29, 0.717) is 5.78 Å². The minimum absolute atomic E-state index is 0. The normalized spacial score (nSPS) is 7.75. The lowest BCUT2D eigenvalue weighted by Crippen LogP contribution is -1.86. The van der Waals surface area contributed by atoms with E-state index in [0.717, 1.165) is 19.3 Å². The van der Waals surface area contributed by atoms with Crippen LogP contribution in [0.2, 0.25) is 0 Å². The third kappa shape index (κ3) is 9.16. The SMILES string of the molecule is CCCCC(C)=O.[N]. The first-order valence-corrected chi connectivity index (χ1v) is 2.76. The van der Waals surface area contributed by atoms with E-state index < -0.39 is 0 Å². The molecule has 3 radical (unpaired) electrons. The Morgan fingerprint density at radius 1 is 1.50 bits per heavy atom. The highest BCUT2D eigenvalue weighted by molar-refractivity contribution is 5.75. The summed E-state index contributed by atoms with van der Waals surface area (Å²) in [6, 6.07) is 0. The second kappa shape index (κ2) is 6.63. The minimum Gasteiger partial charge on any atom is -0.300 e. The Labute approximate surface area is 50.9 Å². The fourth-order valence-corrected chi connectivity index (χ4v) is 0.426. The van der Waals surface area contributed by atoms with Crippen LogP contribution in [0.4, 0.5) is 0 Å². The Morgan fingerprint density at radius 2 is 2.00 bits per heavy atom. The maximum atomic E-state index is 10.2. The highest BCUT2D eigenvalue weighted by Crippen LogP contribution is 1.92. The molecule has 0 aromatic rings. The standard InChI is InChI=1S/C6H12O.N/c1-3-4-5-6(2)7;/h3-5H2,1-2H3;. The van der Waals surface area contributed by atoms with Crippen LogP contribution in [-0.4, -0.2) is 5.78 Å². The van der Waals surface area contributed by atoms with Crippen LogP contribution in [0.5, 0.6) is 0 Å². The largest absolute Gasteiger partial charge is 0.300 e. The smallest absolute Gasteiger partial charge is 0.129 e. The Morgan fingerprint density at radius 3 is 2.12 bits per heavy atom. The number of carbonyl (C=O) groups excluding carboxylic acids is 1. The molecule has 0 aromatic heterocycles. The molecule has 0 aliphatic heterocycles. The highest BCUT2D eigenvalue weighted by atomic mass is 16.1. The van der Waals surface area contributed by atoms with Crippen LogP contribution < -0.4 is 6.15 Å². The molecule has 0 atom stereocenters. The van der Waals surface area contributed by atoms with Crippen molar-refractivity contribution in [3.63, 3.8) is 0 Å². The number of nitrogens with zero attached hydrogens (tertiary/aromatic N) is 1. The molecule has 0 amide bonds. The number of hydrogen-bond acceptors (Lipinski definition) is 1. The average Bonchev–Trinajstić information content (AvgIpc) is 1.61. The summed E-state index contributed by atoms with van der Waals surface area (Å²) in [5.74, 6) is 0.307. The van der Waals surface area contributed by atoms with E-state index >= 15 is 0 Å². The van der Waals surface area contributed by atoms with Crippen LogP contribution in [0.1, 0.15) is 33.1 Å². The topological polar surface area (TPSA) is 47.6 Å². The fourth-order valence-electron chi connectivity index (χ4n) is 0.426. The summed E-state index contributed by atoms with van der Waals surface area (Å²) >= 11 is 0. The van der Waals surface area contributed by atoms with Gasteiger partial charge in [-0.25, -0.2) is 0 Å². The molecule has 0 N–H and O–H groups in total. The molecule has 0 fully saturated rings. The molecule has 2 heteroatoms. The van der Waals surface area contributed by atoms with Crippen molar-refractivity contribution in [3.8, 4) is 0 Å². The number of rotatable bonds is 3. The molecular weight excluding hydrogens is 102 g/mol. The van der Waals surface area contributed by atoms with Crippen molar-refractivity contribution in [1.29, 1.82) is 0 Å². The van der Waals surface area contributed by atoms with E-state index in [-0.39, 0.29) is 6.15 Å². The van der Waals surface area contributed by atoms with Gasteiger partial charge in [-0.1, -0.05) is 13.3 Å². The van der Waals surface area contributed by atoms with Crippen molar-refractivity contribution in [2.45, 2.75) is 33.1 Å². The first kappa shape index (κ1) is 10.6. The van der Waals surface area contributed by atoms with Gasteiger partial charge in [0.05, 0.1) is 0 Å². The third-order valence-corrected chi connectivity index (χ3v) is 0.882. The minimum atomic E-state index is 0. The molecular formula is C6H12NO. The van der Waals surface area contributed by atoms with Crippen LogP contribution in [0.3, 0.4) is 0 Å². The Balaban J connectivity index is 0. The Kier molecular flexibility index (Phi) is 8.77. The first-order valence-electron chi connectivity index (χ1n) is 2.76. The maximum absolute atomic E-state index is 10.2. The van der Waals surface area contributed by atoms with Crippen molar-refractivity contribution >= 4 is 5.78 Å². The monoisotopic (exact) mass is 114 g/mol. The Hall–Kier alpha value is -0.370. The maximum Gasteiger partial charge on any atom is 0.129 e. The van der Waals surface area contributed by atoms with Gasteiger partial charge in [0.25, 0.3) is 0 Å². The van der Waals surface area contributed by atoms with Crippen LogP contribution in [0.25, 0.3) is 0 Å². The summed E-state index contributed by atoms with van der Waals surface area (Å²) in [5.41, 5.74) is 0. The first-order chi connectivity index (χ1) is 3.27. The van der Waals surface area contributed by atoms with Crippen LogP contribution in [0.15, 0.2) is 0 Å². The number of ketones is 1. The summed E-state index contributed by atoms with van der Waals surface area (Å²) in [5, 5.41) is 0. The fraction of sp³-hybridized carbons (Fsp3) is 0.833. The molecule has 0 aromatic carbocycles. The van der Waals surface area contributed by atoms with Gasteiger partial charge in [-0.2, -0.15) is 0 Å².